The summed E-state index contributed by atoms with van der Waals surface area (Å²) in [6.07, 6.45) is 4.39. The second kappa shape index (κ2) is 11.8. The number of hydrogen-bond donors (Lipinski definition) is 2. The van der Waals surface area contributed by atoms with Crippen LogP contribution in [0, 0.1) is 0 Å². The van der Waals surface area contributed by atoms with Gasteiger partial charge in [0.1, 0.15) is 0 Å². The fourth-order valence-electron chi connectivity index (χ4n) is 3.34. The van der Waals surface area contributed by atoms with Crippen LogP contribution in [-0.4, -0.2) is 64.7 Å². The quantitative estimate of drug-likeness (QED) is 0.597. The van der Waals surface area contributed by atoms with Crippen LogP contribution < -0.4 is 0 Å². The molecule has 1 saturated heterocycles. The zero-order valence-corrected chi connectivity index (χ0v) is 16.6. The van der Waals surface area contributed by atoms with E-state index in [1.165, 1.54) is 11.1 Å². The molecule has 0 saturated carbocycles. The van der Waals surface area contributed by atoms with Crippen molar-refractivity contribution in [2.24, 2.45) is 0 Å². The van der Waals surface area contributed by atoms with Crippen molar-refractivity contribution in [3.63, 3.8) is 0 Å². The zero-order valence-electron chi connectivity index (χ0n) is 16.6. The first-order chi connectivity index (χ1) is 14.0. The second-order valence-corrected chi connectivity index (χ2v) is 6.74. The number of rotatable bonds is 5. The van der Waals surface area contributed by atoms with Crippen LogP contribution in [-0.2, 0) is 9.59 Å². The Bertz CT molecular complexity index is 734. The summed E-state index contributed by atoms with van der Waals surface area (Å²) in [6, 6.07) is 22.2. The van der Waals surface area contributed by atoms with Crippen LogP contribution in [0.2, 0.25) is 0 Å². The Balaban J connectivity index is 0.000000438. The summed E-state index contributed by atoms with van der Waals surface area (Å²) in [5, 5.41) is 14.8. The molecule has 0 unspecified atom stereocenters. The van der Waals surface area contributed by atoms with E-state index >= 15 is 0 Å². The van der Waals surface area contributed by atoms with E-state index in [9.17, 15) is 0 Å². The van der Waals surface area contributed by atoms with Gasteiger partial charge in [-0.05, 0) is 18.1 Å². The van der Waals surface area contributed by atoms with Crippen LogP contribution in [0.1, 0.15) is 24.1 Å². The van der Waals surface area contributed by atoms with Crippen molar-refractivity contribution in [3.05, 3.63) is 83.9 Å². The van der Waals surface area contributed by atoms with Gasteiger partial charge < -0.3 is 10.2 Å². The number of benzene rings is 2. The first-order valence-corrected chi connectivity index (χ1v) is 9.66. The molecule has 1 heterocycles. The van der Waals surface area contributed by atoms with Gasteiger partial charge in [-0.3, -0.25) is 9.80 Å². The highest BCUT2D eigenvalue weighted by Crippen LogP contribution is 2.29. The topological polar surface area (TPSA) is 81.1 Å². The van der Waals surface area contributed by atoms with Crippen molar-refractivity contribution in [2.45, 2.75) is 13.0 Å². The van der Waals surface area contributed by atoms with Gasteiger partial charge in [0, 0.05) is 32.7 Å². The van der Waals surface area contributed by atoms with E-state index in [-0.39, 0.29) is 0 Å². The highest BCUT2D eigenvalue weighted by molar-refractivity contribution is 6.27. The van der Waals surface area contributed by atoms with Crippen LogP contribution in [0.4, 0.5) is 0 Å². The number of piperazine rings is 1. The summed E-state index contributed by atoms with van der Waals surface area (Å²) in [5.74, 6) is -3.65. The molecule has 2 aromatic rings. The lowest BCUT2D eigenvalue weighted by molar-refractivity contribution is -0.159. The number of nitrogens with zero attached hydrogens (tertiary/aromatic N) is 2. The average Bonchev–Trinajstić information content (AvgIpc) is 2.75. The Morgan fingerprint density at radius 1 is 0.862 bits per heavy atom. The van der Waals surface area contributed by atoms with E-state index in [1.807, 2.05) is 0 Å². The highest BCUT2D eigenvalue weighted by atomic mass is 16.4. The molecule has 0 bridgehead atoms. The summed E-state index contributed by atoms with van der Waals surface area (Å²) < 4.78 is 0. The number of aliphatic carboxylic acids is 2. The number of carbonyl (C=O) groups is 2. The molecule has 29 heavy (non-hydrogen) atoms. The van der Waals surface area contributed by atoms with Gasteiger partial charge in [0.2, 0.25) is 0 Å². The van der Waals surface area contributed by atoms with Crippen molar-refractivity contribution in [1.82, 2.24) is 9.80 Å². The van der Waals surface area contributed by atoms with E-state index in [1.54, 1.807) is 0 Å². The van der Waals surface area contributed by atoms with E-state index < -0.39 is 11.9 Å². The molecule has 0 aliphatic carbocycles. The summed E-state index contributed by atoms with van der Waals surface area (Å²) in [6.45, 7) is 7.68. The molecule has 2 N–H and O–H groups in total. The minimum atomic E-state index is -1.82. The third-order valence-corrected chi connectivity index (χ3v) is 4.78. The van der Waals surface area contributed by atoms with Crippen LogP contribution in [0.5, 0.6) is 0 Å². The predicted molar refractivity (Wildman–Crippen MR) is 113 cm³/mol. The molecule has 6 heteroatoms. The van der Waals surface area contributed by atoms with Crippen molar-refractivity contribution >= 4 is 11.9 Å². The largest absolute Gasteiger partial charge is 0.473 e. The predicted octanol–water partition coefficient (Wildman–Crippen LogP) is 3.13. The smallest absolute Gasteiger partial charge is 0.414 e. The second-order valence-electron chi connectivity index (χ2n) is 6.74. The summed E-state index contributed by atoms with van der Waals surface area (Å²) in [5.41, 5.74) is 2.78. The monoisotopic (exact) mass is 396 g/mol. The normalized spacial score (nSPS) is 15.1. The SMILES string of the molecule is CC=CCN1CCN(C(c2ccccc2)c2ccccc2)CC1.O=C(O)C(=O)O. The molecule has 0 atom stereocenters. The molecule has 0 radical (unpaired) electrons. The van der Waals surface area contributed by atoms with E-state index in [4.69, 9.17) is 19.8 Å². The molecule has 3 rings (SSSR count). The maximum atomic E-state index is 9.10. The fourth-order valence-corrected chi connectivity index (χ4v) is 3.34. The van der Waals surface area contributed by atoms with Gasteiger partial charge in [0.05, 0.1) is 6.04 Å². The van der Waals surface area contributed by atoms with Gasteiger partial charge in [-0.1, -0.05) is 72.8 Å². The molecule has 1 aliphatic heterocycles. The van der Waals surface area contributed by atoms with Gasteiger partial charge in [-0.15, -0.1) is 0 Å². The van der Waals surface area contributed by atoms with Gasteiger partial charge in [0.15, 0.2) is 0 Å². The van der Waals surface area contributed by atoms with Crippen molar-refractivity contribution in [2.75, 3.05) is 32.7 Å². The summed E-state index contributed by atoms with van der Waals surface area (Å²) >= 11 is 0. The Morgan fingerprint density at radius 3 is 1.69 bits per heavy atom. The Labute approximate surface area is 171 Å². The fraction of sp³-hybridized carbons (Fsp3) is 0.304. The molecule has 154 valence electrons. The maximum Gasteiger partial charge on any atom is 0.414 e. The van der Waals surface area contributed by atoms with Gasteiger partial charge >= 0.3 is 11.9 Å². The molecule has 0 aromatic heterocycles. The maximum absolute atomic E-state index is 9.10. The standard InChI is InChI=1S/C21H26N2.C2H2O4/c1-2-3-14-22-15-17-23(18-16-22)21(19-10-6-4-7-11-19)20-12-8-5-9-13-20;3-1(4)2(5)6/h2-13,21H,14-18H2,1H3;(H,3,4)(H,5,6). The number of carboxylic acid groups (broad SMARTS) is 2. The molecule has 6 nitrogen and oxygen atoms in total. The first kappa shape index (κ1) is 22.3. The van der Waals surface area contributed by atoms with E-state index in [0.29, 0.717) is 6.04 Å². The van der Waals surface area contributed by atoms with Crippen molar-refractivity contribution in [1.29, 1.82) is 0 Å². The minimum Gasteiger partial charge on any atom is -0.473 e. The number of hydrogen-bond acceptors (Lipinski definition) is 4. The Morgan fingerprint density at radius 2 is 1.31 bits per heavy atom. The van der Waals surface area contributed by atoms with Crippen LogP contribution in [0.15, 0.2) is 72.8 Å². The Hall–Kier alpha value is -2.96. The number of carboxylic acids is 2. The van der Waals surface area contributed by atoms with Gasteiger partial charge in [-0.2, -0.15) is 0 Å². The third kappa shape index (κ3) is 7.18. The van der Waals surface area contributed by atoms with Crippen LogP contribution in [0.25, 0.3) is 0 Å². The van der Waals surface area contributed by atoms with Crippen molar-refractivity contribution in [3.8, 4) is 0 Å². The molecule has 0 spiro atoms. The summed E-state index contributed by atoms with van der Waals surface area (Å²) in [4.78, 5) is 23.4. The molecule has 0 amide bonds. The number of allylic oxidation sites excluding steroid dienone is 1. The van der Waals surface area contributed by atoms with Crippen LogP contribution >= 0.6 is 0 Å². The van der Waals surface area contributed by atoms with Crippen LogP contribution in [0.3, 0.4) is 0 Å². The lowest BCUT2D eigenvalue weighted by Gasteiger charge is -2.39. The highest BCUT2D eigenvalue weighted by Gasteiger charge is 2.25. The lowest BCUT2D eigenvalue weighted by Crippen LogP contribution is -2.47. The third-order valence-electron chi connectivity index (χ3n) is 4.78. The Kier molecular flexibility index (Phi) is 9.08. The van der Waals surface area contributed by atoms with Gasteiger partial charge in [-0.25, -0.2) is 9.59 Å². The summed E-state index contributed by atoms with van der Waals surface area (Å²) in [7, 11) is 0. The molecule has 1 fully saturated rings. The molecular formula is C23H28N2O4. The van der Waals surface area contributed by atoms with E-state index in [0.717, 1.165) is 32.7 Å². The minimum absolute atomic E-state index is 0.362. The average molecular weight is 396 g/mol. The molecular weight excluding hydrogens is 368 g/mol. The van der Waals surface area contributed by atoms with Gasteiger partial charge in [0.25, 0.3) is 0 Å². The lowest BCUT2D eigenvalue weighted by atomic mass is 9.96. The molecule has 2 aromatic carbocycles. The zero-order chi connectivity index (χ0) is 21.1. The molecule has 1 aliphatic rings. The van der Waals surface area contributed by atoms with Crippen molar-refractivity contribution < 1.29 is 19.8 Å². The van der Waals surface area contributed by atoms with E-state index in [2.05, 4.69) is 89.5 Å². The first-order valence-electron chi connectivity index (χ1n) is 9.66.